The lowest BCUT2D eigenvalue weighted by Gasteiger charge is -2.17. The van der Waals surface area contributed by atoms with Crippen molar-refractivity contribution in [3.8, 4) is 5.75 Å². The lowest BCUT2D eigenvalue weighted by Crippen LogP contribution is -2.25. The number of rotatable bonds is 7. The third-order valence-electron chi connectivity index (χ3n) is 4.66. The van der Waals surface area contributed by atoms with Crippen LogP contribution in [0, 0.1) is 6.92 Å². The molecule has 25 heavy (non-hydrogen) atoms. The fourth-order valence-electron chi connectivity index (χ4n) is 3.15. The molecule has 0 bridgehead atoms. The Morgan fingerprint density at radius 2 is 1.84 bits per heavy atom. The lowest BCUT2D eigenvalue weighted by atomic mass is 10.0. The van der Waals surface area contributed by atoms with E-state index >= 15 is 0 Å². The molecule has 0 atom stereocenters. The Labute approximate surface area is 148 Å². The quantitative estimate of drug-likeness (QED) is 0.364. The highest BCUT2D eigenvalue weighted by Crippen LogP contribution is 2.27. The Kier molecular flexibility index (Phi) is 5.39. The normalized spacial score (nSPS) is 11.5. The van der Waals surface area contributed by atoms with Gasteiger partial charge in [0.2, 0.25) is 0 Å². The molecule has 0 aliphatic carbocycles. The van der Waals surface area contributed by atoms with Gasteiger partial charge < -0.3 is 14.1 Å². The summed E-state index contributed by atoms with van der Waals surface area (Å²) >= 11 is 0. The first-order valence-electron chi connectivity index (χ1n) is 8.94. The van der Waals surface area contributed by atoms with E-state index in [1.165, 1.54) is 6.07 Å². The Morgan fingerprint density at radius 3 is 2.60 bits per heavy atom. The summed E-state index contributed by atoms with van der Waals surface area (Å²) < 4.78 is 11.2. The molecule has 0 saturated heterocycles. The SMILES string of the molecule is CCN(CC)CCCOc1ccc2cc3c(C)cc(=O)oc3cc2c1. The van der Waals surface area contributed by atoms with Gasteiger partial charge in [0.05, 0.1) is 6.61 Å². The molecule has 0 spiro atoms. The molecule has 132 valence electrons. The van der Waals surface area contributed by atoms with Crippen molar-refractivity contribution in [3.63, 3.8) is 0 Å². The second-order valence-electron chi connectivity index (χ2n) is 6.33. The van der Waals surface area contributed by atoms with Gasteiger partial charge in [0.1, 0.15) is 11.3 Å². The van der Waals surface area contributed by atoms with Gasteiger partial charge in [-0.15, -0.1) is 0 Å². The molecule has 4 nitrogen and oxygen atoms in total. The lowest BCUT2D eigenvalue weighted by molar-refractivity contribution is 0.249. The minimum atomic E-state index is -0.312. The van der Waals surface area contributed by atoms with Gasteiger partial charge in [-0.2, -0.15) is 0 Å². The van der Waals surface area contributed by atoms with Crippen molar-refractivity contribution in [2.45, 2.75) is 27.2 Å². The van der Waals surface area contributed by atoms with E-state index < -0.39 is 0 Å². The zero-order valence-electron chi connectivity index (χ0n) is 15.2. The van der Waals surface area contributed by atoms with Crippen LogP contribution >= 0.6 is 0 Å². The van der Waals surface area contributed by atoms with Crippen molar-refractivity contribution in [3.05, 3.63) is 52.4 Å². The standard InChI is InChI=1S/C21H25NO3/c1-4-22(5-2)9-6-10-24-18-8-7-16-13-19-15(3)11-21(23)25-20(19)14-17(16)12-18/h7-8,11-14H,4-6,9-10H2,1-3H3. The third-order valence-corrected chi connectivity index (χ3v) is 4.66. The number of ether oxygens (including phenoxy) is 1. The summed E-state index contributed by atoms with van der Waals surface area (Å²) in [5.74, 6) is 0.849. The Balaban J connectivity index is 1.77. The predicted molar refractivity (Wildman–Crippen MR) is 103 cm³/mol. The molecule has 0 saturated carbocycles. The molecule has 2 aromatic carbocycles. The van der Waals surface area contributed by atoms with Gasteiger partial charge in [-0.05, 0) is 67.0 Å². The second kappa shape index (κ2) is 7.70. The first-order chi connectivity index (χ1) is 12.1. The molecule has 1 aromatic heterocycles. The molecular weight excluding hydrogens is 314 g/mol. The Bertz CT molecular complexity index is 925. The van der Waals surface area contributed by atoms with Crippen LogP contribution in [0.4, 0.5) is 0 Å². The fraction of sp³-hybridized carbons (Fsp3) is 0.381. The summed E-state index contributed by atoms with van der Waals surface area (Å²) in [6, 6.07) is 11.6. The van der Waals surface area contributed by atoms with Crippen LogP contribution < -0.4 is 10.4 Å². The van der Waals surface area contributed by atoms with Crippen LogP contribution in [0.3, 0.4) is 0 Å². The number of benzene rings is 2. The molecule has 3 rings (SSSR count). The van der Waals surface area contributed by atoms with Crippen molar-refractivity contribution in [1.29, 1.82) is 0 Å². The molecule has 3 aromatic rings. The van der Waals surface area contributed by atoms with Crippen LogP contribution in [0.2, 0.25) is 0 Å². The van der Waals surface area contributed by atoms with Crippen LogP contribution in [0.1, 0.15) is 25.8 Å². The van der Waals surface area contributed by atoms with Crippen molar-refractivity contribution in [1.82, 2.24) is 4.90 Å². The Hall–Kier alpha value is -2.33. The van der Waals surface area contributed by atoms with Gasteiger partial charge in [0, 0.05) is 18.0 Å². The van der Waals surface area contributed by atoms with Gasteiger partial charge in [-0.25, -0.2) is 4.79 Å². The summed E-state index contributed by atoms with van der Waals surface area (Å²) in [6.45, 7) is 10.2. The van der Waals surface area contributed by atoms with E-state index in [0.717, 1.165) is 53.5 Å². The van der Waals surface area contributed by atoms with E-state index in [4.69, 9.17) is 9.15 Å². The van der Waals surface area contributed by atoms with E-state index in [2.05, 4.69) is 30.9 Å². The molecule has 0 fully saturated rings. The average molecular weight is 339 g/mol. The maximum Gasteiger partial charge on any atom is 0.336 e. The maximum atomic E-state index is 11.6. The smallest absolute Gasteiger partial charge is 0.336 e. The van der Waals surface area contributed by atoms with Crippen molar-refractivity contribution >= 4 is 21.7 Å². The van der Waals surface area contributed by atoms with E-state index in [-0.39, 0.29) is 5.63 Å². The molecular formula is C21H25NO3. The van der Waals surface area contributed by atoms with Crippen molar-refractivity contribution < 1.29 is 9.15 Å². The first-order valence-corrected chi connectivity index (χ1v) is 8.94. The third kappa shape index (κ3) is 4.02. The van der Waals surface area contributed by atoms with Gasteiger partial charge in [-0.3, -0.25) is 0 Å². The van der Waals surface area contributed by atoms with E-state index in [9.17, 15) is 4.79 Å². The van der Waals surface area contributed by atoms with Crippen LogP contribution in [0.25, 0.3) is 21.7 Å². The summed E-state index contributed by atoms with van der Waals surface area (Å²) in [6.07, 6.45) is 1.01. The first kappa shape index (κ1) is 17.5. The number of nitrogens with zero attached hydrogens (tertiary/aromatic N) is 1. The van der Waals surface area contributed by atoms with Crippen LogP contribution in [0.15, 0.2) is 45.6 Å². The minimum absolute atomic E-state index is 0.312. The highest BCUT2D eigenvalue weighted by Gasteiger charge is 2.06. The van der Waals surface area contributed by atoms with Crippen LogP contribution in [0.5, 0.6) is 5.75 Å². The minimum Gasteiger partial charge on any atom is -0.494 e. The molecule has 0 amide bonds. The van der Waals surface area contributed by atoms with Gasteiger partial charge in [0.25, 0.3) is 0 Å². The van der Waals surface area contributed by atoms with E-state index in [1.807, 2.05) is 25.1 Å². The summed E-state index contributed by atoms with van der Waals surface area (Å²) in [7, 11) is 0. The topological polar surface area (TPSA) is 42.7 Å². The van der Waals surface area contributed by atoms with Crippen molar-refractivity contribution in [2.24, 2.45) is 0 Å². The average Bonchev–Trinajstić information content (AvgIpc) is 2.60. The molecule has 0 aliphatic rings. The van der Waals surface area contributed by atoms with Gasteiger partial charge in [0.15, 0.2) is 0 Å². The van der Waals surface area contributed by atoms with Crippen LogP contribution in [-0.2, 0) is 0 Å². The highest BCUT2D eigenvalue weighted by atomic mass is 16.5. The predicted octanol–water partition coefficient (Wildman–Crippen LogP) is 4.37. The second-order valence-corrected chi connectivity index (χ2v) is 6.33. The van der Waals surface area contributed by atoms with E-state index in [0.29, 0.717) is 12.2 Å². The number of fused-ring (bicyclic) bond motifs is 2. The van der Waals surface area contributed by atoms with Gasteiger partial charge >= 0.3 is 5.63 Å². The zero-order valence-corrected chi connectivity index (χ0v) is 15.2. The Morgan fingerprint density at radius 1 is 1.04 bits per heavy atom. The number of hydrogen-bond acceptors (Lipinski definition) is 4. The summed E-state index contributed by atoms with van der Waals surface area (Å²) in [4.78, 5) is 14.0. The summed E-state index contributed by atoms with van der Waals surface area (Å²) in [5, 5.41) is 3.10. The molecule has 0 aliphatic heterocycles. The molecule has 0 N–H and O–H groups in total. The monoisotopic (exact) mass is 339 g/mol. The van der Waals surface area contributed by atoms with Crippen LogP contribution in [-0.4, -0.2) is 31.1 Å². The zero-order chi connectivity index (χ0) is 17.8. The number of hydrogen-bond donors (Lipinski definition) is 0. The number of aryl methyl sites for hydroxylation is 1. The largest absolute Gasteiger partial charge is 0.494 e. The van der Waals surface area contributed by atoms with Gasteiger partial charge in [-0.1, -0.05) is 19.9 Å². The molecule has 1 heterocycles. The maximum absolute atomic E-state index is 11.6. The van der Waals surface area contributed by atoms with E-state index in [1.54, 1.807) is 0 Å². The highest BCUT2D eigenvalue weighted by molar-refractivity contribution is 5.97. The van der Waals surface area contributed by atoms with Crippen molar-refractivity contribution in [2.75, 3.05) is 26.2 Å². The molecule has 0 radical (unpaired) electrons. The molecule has 4 heteroatoms. The summed E-state index contributed by atoms with van der Waals surface area (Å²) in [5.41, 5.74) is 1.24. The fourth-order valence-corrected chi connectivity index (χ4v) is 3.15. The molecule has 0 unspecified atom stereocenters.